The van der Waals surface area contributed by atoms with E-state index in [-0.39, 0.29) is 12.0 Å². The molecule has 1 amide bonds. The number of amides is 1. The van der Waals surface area contributed by atoms with E-state index in [0.717, 1.165) is 37.6 Å². The molecule has 0 radical (unpaired) electrons. The summed E-state index contributed by atoms with van der Waals surface area (Å²) in [5.74, 6) is 0.701. The number of aliphatic imine (C=N–C) groups is 1. The Kier molecular flexibility index (Phi) is 8.08. The molecule has 3 aliphatic rings. The first kappa shape index (κ1) is 20.7. The van der Waals surface area contributed by atoms with Crippen molar-refractivity contribution in [3.05, 3.63) is 33.4 Å². The van der Waals surface area contributed by atoms with Crippen LogP contribution in [0.5, 0.6) is 0 Å². The van der Waals surface area contributed by atoms with Gasteiger partial charge in [0.1, 0.15) is 5.03 Å². The molecule has 2 N–H and O–H groups in total. The van der Waals surface area contributed by atoms with Crippen LogP contribution in [0.1, 0.15) is 6.42 Å². The Morgan fingerprint density at radius 2 is 2.33 bits per heavy atom. The van der Waals surface area contributed by atoms with E-state index >= 15 is 0 Å². The number of nitrogens with zero attached hydrogens (tertiary/aromatic N) is 2. The SMILES string of the molecule is O=C(CSC1=CNCC=N1)NC[C@H]1CN(CC2C=C(Cl)C(Cl)=CC2)CCO1. The normalized spacial score (nSPS) is 25.9. The molecule has 2 aliphatic heterocycles. The monoisotopic (exact) mass is 430 g/mol. The van der Waals surface area contributed by atoms with Gasteiger partial charge >= 0.3 is 0 Å². The van der Waals surface area contributed by atoms with Gasteiger partial charge in [0.25, 0.3) is 0 Å². The topological polar surface area (TPSA) is 66.0 Å². The molecular weight excluding hydrogens is 407 g/mol. The fraction of sp³-hybridized carbons (Fsp3) is 0.556. The van der Waals surface area contributed by atoms with Crippen molar-refractivity contribution >= 4 is 47.1 Å². The van der Waals surface area contributed by atoms with Crippen molar-refractivity contribution in [3.8, 4) is 0 Å². The van der Waals surface area contributed by atoms with Crippen LogP contribution in [-0.2, 0) is 9.53 Å². The van der Waals surface area contributed by atoms with E-state index in [4.69, 9.17) is 27.9 Å². The van der Waals surface area contributed by atoms with Crippen LogP contribution in [0.2, 0.25) is 0 Å². The Labute approximate surface area is 174 Å². The minimum Gasteiger partial charge on any atom is -0.384 e. The van der Waals surface area contributed by atoms with Crippen molar-refractivity contribution in [3.63, 3.8) is 0 Å². The second-order valence-corrected chi connectivity index (χ2v) is 8.42. The molecule has 1 saturated heterocycles. The Morgan fingerprint density at radius 1 is 1.44 bits per heavy atom. The number of rotatable bonds is 7. The minimum atomic E-state index is -0.0100. The summed E-state index contributed by atoms with van der Waals surface area (Å²) in [7, 11) is 0. The third-order valence-corrected chi connectivity index (χ3v) is 6.17. The standard InChI is InChI=1S/C18H24Cl2N4O2S/c19-15-2-1-13(7-16(15)20)10-24-5-6-26-14(11-24)8-23-17(25)12-27-18-9-21-3-4-22-18/h2,4,7,9,13-14,21H,1,3,5-6,8,10-12H2,(H,23,25)/t13?,14-/m0/s1. The first-order valence-electron chi connectivity index (χ1n) is 9.03. The molecule has 2 atom stereocenters. The van der Waals surface area contributed by atoms with E-state index in [2.05, 4.69) is 20.5 Å². The highest BCUT2D eigenvalue weighted by atomic mass is 35.5. The average Bonchev–Trinajstić information content (AvgIpc) is 2.69. The molecule has 0 spiro atoms. The second-order valence-electron chi connectivity index (χ2n) is 6.61. The molecule has 0 aromatic carbocycles. The number of carbonyl (C=O) groups excluding carboxylic acids is 1. The maximum Gasteiger partial charge on any atom is 0.230 e. The van der Waals surface area contributed by atoms with E-state index in [1.807, 2.05) is 18.4 Å². The molecule has 0 aromatic heterocycles. The molecule has 0 aromatic rings. The van der Waals surface area contributed by atoms with E-state index in [0.29, 0.717) is 34.9 Å². The molecule has 6 nitrogen and oxygen atoms in total. The Hall–Kier alpha value is -0.990. The first-order chi connectivity index (χ1) is 13.1. The lowest BCUT2D eigenvalue weighted by molar-refractivity contribution is -0.119. The van der Waals surface area contributed by atoms with Gasteiger partial charge in [-0.1, -0.05) is 47.1 Å². The van der Waals surface area contributed by atoms with Crippen LogP contribution >= 0.6 is 35.0 Å². The van der Waals surface area contributed by atoms with Crippen molar-refractivity contribution < 1.29 is 9.53 Å². The van der Waals surface area contributed by atoms with Crippen LogP contribution in [0.15, 0.2) is 38.4 Å². The van der Waals surface area contributed by atoms with Gasteiger partial charge in [0.15, 0.2) is 0 Å². The van der Waals surface area contributed by atoms with Crippen LogP contribution in [0.25, 0.3) is 0 Å². The summed E-state index contributed by atoms with van der Waals surface area (Å²) in [5, 5.41) is 8.13. The quantitative estimate of drug-likeness (QED) is 0.648. The van der Waals surface area contributed by atoms with Gasteiger partial charge in [-0.05, 0) is 12.3 Å². The highest BCUT2D eigenvalue weighted by Crippen LogP contribution is 2.29. The molecule has 2 heterocycles. The number of allylic oxidation sites excluding steroid dienone is 3. The number of hydrogen-bond donors (Lipinski definition) is 2. The van der Waals surface area contributed by atoms with Crippen LogP contribution in [0.3, 0.4) is 0 Å². The molecule has 27 heavy (non-hydrogen) atoms. The lowest BCUT2D eigenvalue weighted by atomic mass is 9.99. The van der Waals surface area contributed by atoms with Crippen LogP contribution in [0.4, 0.5) is 0 Å². The highest BCUT2D eigenvalue weighted by Gasteiger charge is 2.24. The Balaban J connectivity index is 1.36. The summed E-state index contributed by atoms with van der Waals surface area (Å²) >= 11 is 13.6. The maximum atomic E-state index is 12.1. The third kappa shape index (κ3) is 6.84. The predicted octanol–water partition coefficient (Wildman–Crippen LogP) is 2.27. The lowest BCUT2D eigenvalue weighted by Crippen LogP contribution is -2.48. The summed E-state index contributed by atoms with van der Waals surface area (Å²) in [6.45, 7) is 4.52. The van der Waals surface area contributed by atoms with Crippen LogP contribution in [0, 0.1) is 5.92 Å². The molecule has 0 bridgehead atoms. The zero-order valence-corrected chi connectivity index (χ0v) is 17.3. The largest absolute Gasteiger partial charge is 0.384 e. The Morgan fingerprint density at radius 3 is 3.11 bits per heavy atom. The summed E-state index contributed by atoms with van der Waals surface area (Å²) in [6, 6.07) is 0. The van der Waals surface area contributed by atoms with Gasteiger partial charge < -0.3 is 15.4 Å². The molecule has 9 heteroatoms. The third-order valence-electron chi connectivity index (χ3n) is 4.46. The van der Waals surface area contributed by atoms with Gasteiger partial charge in [0.2, 0.25) is 5.91 Å². The molecule has 1 aliphatic carbocycles. The zero-order valence-electron chi connectivity index (χ0n) is 15.0. The number of thioether (sulfide) groups is 1. The van der Waals surface area contributed by atoms with Crippen molar-refractivity contribution in [2.75, 3.05) is 45.1 Å². The smallest absolute Gasteiger partial charge is 0.230 e. The van der Waals surface area contributed by atoms with Gasteiger partial charge in [-0.25, -0.2) is 0 Å². The fourth-order valence-corrected chi connectivity index (χ4v) is 4.21. The molecule has 1 fully saturated rings. The van der Waals surface area contributed by atoms with Crippen LogP contribution < -0.4 is 10.6 Å². The molecule has 148 valence electrons. The number of halogens is 2. The predicted molar refractivity (Wildman–Crippen MR) is 112 cm³/mol. The number of carbonyl (C=O) groups is 1. The summed E-state index contributed by atoms with van der Waals surface area (Å²) < 4.78 is 5.80. The second kappa shape index (κ2) is 10.5. The van der Waals surface area contributed by atoms with Crippen molar-refractivity contribution in [1.29, 1.82) is 0 Å². The van der Waals surface area contributed by atoms with Crippen molar-refractivity contribution in [1.82, 2.24) is 15.5 Å². The number of morpholine rings is 1. The first-order valence-corrected chi connectivity index (χ1v) is 10.8. The minimum absolute atomic E-state index is 0.00320. The van der Waals surface area contributed by atoms with E-state index in [1.54, 1.807) is 6.21 Å². The van der Waals surface area contributed by atoms with Crippen molar-refractivity contribution in [2.45, 2.75) is 12.5 Å². The average molecular weight is 431 g/mol. The number of nitrogens with one attached hydrogen (secondary N) is 2. The van der Waals surface area contributed by atoms with Gasteiger partial charge in [0, 0.05) is 45.1 Å². The van der Waals surface area contributed by atoms with Crippen LogP contribution in [-0.4, -0.2) is 68.2 Å². The highest BCUT2D eigenvalue weighted by molar-refractivity contribution is 8.03. The van der Waals surface area contributed by atoms with Gasteiger partial charge in [0.05, 0.1) is 28.5 Å². The van der Waals surface area contributed by atoms with Crippen molar-refractivity contribution in [2.24, 2.45) is 10.9 Å². The fourth-order valence-electron chi connectivity index (χ4n) is 3.10. The van der Waals surface area contributed by atoms with E-state index in [1.165, 1.54) is 11.8 Å². The lowest BCUT2D eigenvalue weighted by Gasteiger charge is -2.35. The van der Waals surface area contributed by atoms with E-state index < -0.39 is 0 Å². The number of ether oxygens (including phenoxy) is 1. The van der Waals surface area contributed by atoms with Gasteiger partial charge in [-0.2, -0.15) is 0 Å². The van der Waals surface area contributed by atoms with E-state index in [9.17, 15) is 4.79 Å². The number of hydrogen-bond acceptors (Lipinski definition) is 6. The summed E-state index contributed by atoms with van der Waals surface area (Å²) in [4.78, 5) is 18.6. The maximum absolute atomic E-state index is 12.1. The summed E-state index contributed by atoms with van der Waals surface area (Å²) in [6.07, 6.45) is 8.54. The molecule has 1 unspecified atom stereocenters. The zero-order chi connectivity index (χ0) is 19.1. The summed E-state index contributed by atoms with van der Waals surface area (Å²) in [5.41, 5.74) is 0. The van der Waals surface area contributed by atoms with Gasteiger partial charge in [-0.3, -0.25) is 14.7 Å². The Bertz CT molecular complexity index is 666. The molecule has 3 rings (SSSR count). The molecule has 0 saturated carbocycles. The molecular formula is C18H24Cl2N4O2S. The van der Waals surface area contributed by atoms with Gasteiger partial charge in [-0.15, -0.1) is 0 Å².